The van der Waals surface area contributed by atoms with E-state index < -0.39 is 10.2 Å². The van der Waals surface area contributed by atoms with E-state index in [1.807, 2.05) is 0 Å². The lowest BCUT2D eigenvalue weighted by Crippen LogP contribution is -2.48. The minimum atomic E-state index is -3.28. The molecule has 0 aromatic carbocycles. The summed E-state index contributed by atoms with van der Waals surface area (Å²) in [4.78, 5) is 0. The van der Waals surface area contributed by atoms with E-state index >= 15 is 0 Å². The van der Waals surface area contributed by atoms with E-state index in [0.717, 1.165) is 45.2 Å². The van der Waals surface area contributed by atoms with E-state index in [0.29, 0.717) is 25.6 Å². The highest BCUT2D eigenvalue weighted by Crippen LogP contribution is 2.44. The monoisotopic (exact) mass is 303 g/mol. The van der Waals surface area contributed by atoms with Crippen LogP contribution in [-0.4, -0.2) is 45.4 Å². The largest absolute Gasteiger partial charge is 0.316 e. The molecule has 1 aliphatic carbocycles. The quantitative estimate of drug-likeness (QED) is 0.665. The van der Waals surface area contributed by atoms with Gasteiger partial charge in [-0.25, -0.2) is 4.72 Å². The van der Waals surface area contributed by atoms with E-state index in [4.69, 9.17) is 0 Å². The number of nitrogens with one attached hydrogen (secondary N) is 2. The topological polar surface area (TPSA) is 61.4 Å². The van der Waals surface area contributed by atoms with Crippen molar-refractivity contribution in [1.29, 1.82) is 0 Å². The van der Waals surface area contributed by atoms with Crippen molar-refractivity contribution in [2.45, 2.75) is 46.0 Å². The second-order valence-electron chi connectivity index (χ2n) is 6.71. The second kappa shape index (κ2) is 6.73. The third kappa shape index (κ3) is 4.69. The molecular weight excluding hydrogens is 274 g/mol. The lowest BCUT2D eigenvalue weighted by atomic mass is 10.00. The Kier molecular flexibility index (Phi) is 5.45. The van der Waals surface area contributed by atoms with Crippen molar-refractivity contribution in [2.75, 3.05) is 32.7 Å². The molecule has 0 spiro atoms. The molecule has 2 fully saturated rings. The lowest BCUT2D eigenvalue weighted by molar-refractivity contribution is 0.257. The number of hydrogen-bond acceptors (Lipinski definition) is 3. The van der Waals surface area contributed by atoms with Gasteiger partial charge in [0.05, 0.1) is 0 Å². The first-order chi connectivity index (χ1) is 9.45. The van der Waals surface area contributed by atoms with Crippen molar-refractivity contribution >= 4 is 10.2 Å². The van der Waals surface area contributed by atoms with E-state index in [1.165, 1.54) is 0 Å². The van der Waals surface area contributed by atoms with Gasteiger partial charge in [-0.15, -0.1) is 0 Å². The zero-order valence-corrected chi connectivity index (χ0v) is 13.6. The first-order valence-corrected chi connectivity index (χ1v) is 9.35. The number of rotatable bonds is 8. The van der Waals surface area contributed by atoms with Crippen molar-refractivity contribution in [2.24, 2.45) is 11.3 Å². The van der Waals surface area contributed by atoms with Crippen LogP contribution in [0.3, 0.4) is 0 Å². The van der Waals surface area contributed by atoms with Crippen molar-refractivity contribution < 1.29 is 8.42 Å². The van der Waals surface area contributed by atoms with Gasteiger partial charge in [-0.1, -0.05) is 13.8 Å². The first-order valence-electron chi connectivity index (χ1n) is 7.91. The summed E-state index contributed by atoms with van der Waals surface area (Å²) in [5.41, 5.74) is 0.213. The maximum Gasteiger partial charge on any atom is 0.279 e. The average molecular weight is 303 g/mol. The number of nitrogens with zero attached hydrogens (tertiary/aromatic N) is 1. The van der Waals surface area contributed by atoms with Gasteiger partial charge in [-0.3, -0.25) is 0 Å². The highest BCUT2D eigenvalue weighted by atomic mass is 32.2. The number of piperidine rings is 1. The van der Waals surface area contributed by atoms with Crippen LogP contribution in [0.2, 0.25) is 0 Å². The zero-order valence-electron chi connectivity index (χ0n) is 12.8. The molecule has 1 aliphatic heterocycles. The van der Waals surface area contributed by atoms with Crippen LogP contribution in [0.4, 0.5) is 0 Å². The van der Waals surface area contributed by atoms with Crippen LogP contribution in [0.15, 0.2) is 0 Å². The summed E-state index contributed by atoms with van der Waals surface area (Å²) in [6, 6.07) is 0. The van der Waals surface area contributed by atoms with Gasteiger partial charge in [0.25, 0.3) is 10.2 Å². The maximum absolute atomic E-state index is 12.3. The first kappa shape index (κ1) is 16.2. The maximum atomic E-state index is 12.3. The van der Waals surface area contributed by atoms with Crippen LogP contribution in [0.5, 0.6) is 0 Å². The van der Waals surface area contributed by atoms with Crippen LogP contribution in [0.25, 0.3) is 0 Å². The Labute approximate surface area is 123 Å². The molecule has 1 saturated heterocycles. The van der Waals surface area contributed by atoms with Gasteiger partial charge >= 0.3 is 0 Å². The summed E-state index contributed by atoms with van der Waals surface area (Å²) < 4.78 is 29.1. The fourth-order valence-electron chi connectivity index (χ4n) is 2.64. The fraction of sp³-hybridized carbons (Fsp3) is 1.00. The molecule has 0 radical (unpaired) electrons. The lowest BCUT2D eigenvalue weighted by Gasteiger charge is -2.32. The van der Waals surface area contributed by atoms with Gasteiger partial charge < -0.3 is 5.32 Å². The molecule has 1 heterocycles. The molecule has 2 aliphatic rings. The van der Waals surface area contributed by atoms with Crippen LogP contribution in [0.1, 0.15) is 46.0 Å². The summed E-state index contributed by atoms with van der Waals surface area (Å²) in [5.74, 6) is 0.448. The summed E-state index contributed by atoms with van der Waals surface area (Å²) in [5, 5.41) is 3.40. The highest BCUT2D eigenvalue weighted by molar-refractivity contribution is 7.87. The van der Waals surface area contributed by atoms with Gasteiger partial charge in [0.1, 0.15) is 0 Å². The predicted octanol–water partition coefficient (Wildman–Crippen LogP) is 1.33. The molecule has 0 amide bonds. The molecule has 1 saturated carbocycles. The Bertz CT molecular complexity index is 407. The molecule has 6 heteroatoms. The van der Waals surface area contributed by atoms with E-state index in [9.17, 15) is 8.42 Å². The normalized spacial score (nSPS) is 26.6. The molecule has 20 heavy (non-hydrogen) atoms. The average Bonchev–Trinajstić information content (AvgIpc) is 3.16. The molecular formula is C14H29N3O2S. The van der Waals surface area contributed by atoms with Crippen LogP contribution < -0.4 is 10.0 Å². The van der Waals surface area contributed by atoms with E-state index in [-0.39, 0.29) is 5.41 Å². The molecule has 1 atom stereocenters. The molecule has 2 N–H and O–H groups in total. The third-order valence-corrected chi connectivity index (χ3v) is 5.99. The smallest absolute Gasteiger partial charge is 0.279 e. The SMILES string of the molecule is CCCNCC1CCCN(S(=O)(=O)NCC2(C)CC2)C1. The predicted molar refractivity (Wildman–Crippen MR) is 81.7 cm³/mol. The van der Waals surface area contributed by atoms with E-state index in [2.05, 4.69) is 23.9 Å². The Morgan fingerprint density at radius 1 is 1.35 bits per heavy atom. The van der Waals surface area contributed by atoms with Gasteiger partial charge in [0.15, 0.2) is 0 Å². The van der Waals surface area contributed by atoms with Crippen molar-refractivity contribution in [3.8, 4) is 0 Å². The van der Waals surface area contributed by atoms with Gasteiger partial charge in [0.2, 0.25) is 0 Å². The molecule has 1 unspecified atom stereocenters. The molecule has 118 valence electrons. The number of hydrogen-bond donors (Lipinski definition) is 2. The van der Waals surface area contributed by atoms with E-state index in [1.54, 1.807) is 4.31 Å². The molecule has 0 bridgehead atoms. The standard InChI is InChI=1S/C14H29N3O2S/c1-3-8-15-10-13-5-4-9-17(11-13)20(18,19)16-12-14(2)6-7-14/h13,15-16H,3-12H2,1-2H3. The minimum absolute atomic E-state index is 0.213. The Balaban J connectivity index is 1.80. The fourth-order valence-corrected chi connectivity index (χ4v) is 4.13. The third-order valence-electron chi connectivity index (χ3n) is 4.47. The van der Waals surface area contributed by atoms with Crippen LogP contribution in [0, 0.1) is 11.3 Å². The summed E-state index contributed by atoms with van der Waals surface area (Å²) in [7, 11) is -3.28. The molecule has 5 nitrogen and oxygen atoms in total. The molecule has 2 rings (SSSR count). The molecule has 0 aromatic heterocycles. The van der Waals surface area contributed by atoms with Crippen LogP contribution >= 0.6 is 0 Å². The minimum Gasteiger partial charge on any atom is -0.316 e. The summed E-state index contributed by atoms with van der Waals surface area (Å²) in [6.45, 7) is 8.14. The van der Waals surface area contributed by atoms with Gasteiger partial charge in [0, 0.05) is 19.6 Å². The van der Waals surface area contributed by atoms with Crippen molar-refractivity contribution in [3.05, 3.63) is 0 Å². The Morgan fingerprint density at radius 2 is 2.10 bits per heavy atom. The Hall–Kier alpha value is -0.170. The van der Waals surface area contributed by atoms with Gasteiger partial charge in [-0.2, -0.15) is 12.7 Å². The Morgan fingerprint density at radius 3 is 2.75 bits per heavy atom. The summed E-state index contributed by atoms with van der Waals surface area (Å²) in [6.07, 6.45) is 5.49. The van der Waals surface area contributed by atoms with Crippen LogP contribution in [-0.2, 0) is 10.2 Å². The zero-order chi connectivity index (χ0) is 14.6. The van der Waals surface area contributed by atoms with Crippen molar-refractivity contribution in [3.63, 3.8) is 0 Å². The van der Waals surface area contributed by atoms with Gasteiger partial charge in [-0.05, 0) is 56.5 Å². The van der Waals surface area contributed by atoms with Crippen molar-refractivity contribution in [1.82, 2.24) is 14.3 Å². The summed E-state index contributed by atoms with van der Waals surface area (Å²) >= 11 is 0. The molecule has 0 aromatic rings. The second-order valence-corrected chi connectivity index (χ2v) is 8.46. The highest BCUT2D eigenvalue weighted by Gasteiger charge is 2.39.